The van der Waals surface area contributed by atoms with Crippen molar-refractivity contribution in [3.63, 3.8) is 0 Å². The smallest absolute Gasteiger partial charge is 0.246 e. The van der Waals surface area contributed by atoms with Crippen molar-refractivity contribution in [1.82, 2.24) is 5.32 Å². The molecule has 4 nitrogen and oxygen atoms in total. The molecular formula is C13H25NO3. The maximum absolute atomic E-state index is 11.5. The molecular weight excluding hydrogens is 218 g/mol. The number of rotatable bonds is 7. The zero-order valence-corrected chi connectivity index (χ0v) is 11.0. The van der Waals surface area contributed by atoms with Crippen molar-refractivity contribution in [3.8, 4) is 0 Å². The highest BCUT2D eigenvalue weighted by Gasteiger charge is 2.19. The van der Waals surface area contributed by atoms with E-state index in [4.69, 9.17) is 9.47 Å². The fourth-order valence-electron chi connectivity index (χ4n) is 2.10. The highest BCUT2D eigenvalue weighted by Crippen LogP contribution is 2.23. The van der Waals surface area contributed by atoms with E-state index in [9.17, 15) is 4.79 Å². The number of carbonyl (C=O) groups excluding carboxylic acids is 1. The minimum atomic E-state index is 0.000974. The van der Waals surface area contributed by atoms with Gasteiger partial charge in [0.25, 0.3) is 0 Å². The minimum Gasteiger partial charge on any atom is -0.379 e. The van der Waals surface area contributed by atoms with Crippen LogP contribution >= 0.6 is 0 Å². The maximum atomic E-state index is 11.5. The molecule has 1 N–H and O–H groups in total. The molecule has 1 saturated carbocycles. The molecule has 0 aliphatic heterocycles. The summed E-state index contributed by atoms with van der Waals surface area (Å²) in [6.07, 6.45) is 4.64. The summed E-state index contributed by atoms with van der Waals surface area (Å²) in [5.41, 5.74) is 0. The van der Waals surface area contributed by atoms with Gasteiger partial charge in [-0.1, -0.05) is 6.92 Å². The second-order valence-electron chi connectivity index (χ2n) is 4.77. The molecule has 0 aromatic rings. The van der Waals surface area contributed by atoms with E-state index < -0.39 is 0 Å². The van der Waals surface area contributed by atoms with Gasteiger partial charge in [0.15, 0.2) is 0 Å². The number of amides is 1. The summed E-state index contributed by atoms with van der Waals surface area (Å²) in [7, 11) is 0. The molecule has 17 heavy (non-hydrogen) atoms. The van der Waals surface area contributed by atoms with Crippen molar-refractivity contribution in [1.29, 1.82) is 0 Å². The first-order valence-electron chi connectivity index (χ1n) is 6.67. The highest BCUT2D eigenvalue weighted by molar-refractivity contribution is 5.77. The summed E-state index contributed by atoms with van der Waals surface area (Å²) in [6.45, 7) is 6.11. The summed E-state index contributed by atoms with van der Waals surface area (Å²) in [5.74, 6) is 0.812. The van der Waals surface area contributed by atoms with Crippen LogP contribution in [0, 0.1) is 5.92 Å². The summed E-state index contributed by atoms with van der Waals surface area (Å²) in [6, 6.07) is 0.356. The predicted molar refractivity (Wildman–Crippen MR) is 66.9 cm³/mol. The summed E-state index contributed by atoms with van der Waals surface area (Å²) in [4.78, 5) is 11.5. The van der Waals surface area contributed by atoms with Crippen LogP contribution < -0.4 is 5.32 Å². The van der Waals surface area contributed by atoms with Gasteiger partial charge in [-0.15, -0.1) is 0 Å². The molecule has 0 aromatic carbocycles. The lowest BCUT2D eigenvalue weighted by Gasteiger charge is -2.26. The van der Waals surface area contributed by atoms with Gasteiger partial charge in [-0.25, -0.2) is 0 Å². The Hall–Kier alpha value is -0.610. The average Bonchev–Trinajstić information content (AvgIpc) is 2.32. The second kappa shape index (κ2) is 8.48. The van der Waals surface area contributed by atoms with Gasteiger partial charge < -0.3 is 14.8 Å². The van der Waals surface area contributed by atoms with Gasteiger partial charge in [-0.2, -0.15) is 0 Å². The van der Waals surface area contributed by atoms with Gasteiger partial charge in [-0.05, 0) is 38.5 Å². The van der Waals surface area contributed by atoms with Gasteiger partial charge >= 0.3 is 0 Å². The van der Waals surface area contributed by atoms with E-state index in [1.54, 1.807) is 0 Å². The average molecular weight is 243 g/mol. The van der Waals surface area contributed by atoms with Gasteiger partial charge in [-0.3, -0.25) is 4.79 Å². The SMILES string of the molecule is CCOCCOCC(=O)NC1CCC(C)CC1. The Kier molecular flexibility index (Phi) is 7.21. The van der Waals surface area contributed by atoms with Gasteiger partial charge in [0.05, 0.1) is 13.2 Å². The Balaban J connectivity index is 2.00. The number of hydrogen-bond acceptors (Lipinski definition) is 3. The van der Waals surface area contributed by atoms with E-state index in [0.717, 1.165) is 18.8 Å². The maximum Gasteiger partial charge on any atom is 0.246 e. The topological polar surface area (TPSA) is 47.6 Å². The first-order chi connectivity index (χ1) is 8.22. The highest BCUT2D eigenvalue weighted by atomic mass is 16.5. The van der Waals surface area contributed by atoms with Crippen molar-refractivity contribution in [2.24, 2.45) is 5.92 Å². The Labute approximate surface area is 104 Å². The molecule has 1 amide bonds. The van der Waals surface area contributed by atoms with Gasteiger partial charge in [0.2, 0.25) is 5.91 Å². The monoisotopic (exact) mass is 243 g/mol. The molecule has 1 fully saturated rings. The van der Waals surface area contributed by atoms with E-state index in [1.807, 2.05) is 6.92 Å². The molecule has 0 radical (unpaired) electrons. The third kappa shape index (κ3) is 6.64. The van der Waals surface area contributed by atoms with E-state index in [0.29, 0.717) is 25.9 Å². The van der Waals surface area contributed by atoms with E-state index >= 15 is 0 Å². The van der Waals surface area contributed by atoms with Crippen LogP contribution in [0.2, 0.25) is 0 Å². The van der Waals surface area contributed by atoms with Crippen LogP contribution in [0.5, 0.6) is 0 Å². The molecule has 1 rings (SSSR count). The van der Waals surface area contributed by atoms with Crippen LogP contribution in [0.3, 0.4) is 0 Å². The molecule has 0 bridgehead atoms. The first kappa shape index (κ1) is 14.5. The predicted octanol–water partition coefficient (Wildman–Crippen LogP) is 1.73. The molecule has 0 heterocycles. The van der Waals surface area contributed by atoms with Crippen molar-refractivity contribution < 1.29 is 14.3 Å². The zero-order chi connectivity index (χ0) is 12.5. The Morgan fingerprint density at radius 3 is 2.47 bits per heavy atom. The lowest BCUT2D eigenvalue weighted by atomic mass is 9.87. The van der Waals surface area contributed by atoms with E-state index in [1.165, 1.54) is 12.8 Å². The van der Waals surface area contributed by atoms with Crippen molar-refractivity contribution in [2.75, 3.05) is 26.4 Å². The number of carbonyl (C=O) groups is 1. The summed E-state index contributed by atoms with van der Waals surface area (Å²) < 4.78 is 10.3. The summed E-state index contributed by atoms with van der Waals surface area (Å²) in [5, 5.41) is 3.03. The fourth-order valence-corrected chi connectivity index (χ4v) is 2.10. The Morgan fingerprint density at radius 2 is 1.82 bits per heavy atom. The number of hydrogen-bond donors (Lipinski definition) is 1. The second-order valence-corrected chi connectivity index (χ2v) is 4.77. The molecule has 0 saturated heterocycles. The Bertz CT molecular complexity index is 213. The zero-order valence-electron chi connectivity index (χ0n) is 11.0. The number of nitrogens with one attached hydrogen (secondary N) is 1. The third-order valence-electron chi connectivity index (χ3n) is 3.19. The van der Waals surface area contributed by atoms with Crippen LogP contribution in [0.15, 0.2) is 0 Å². The lowest BCUT2D eigenvalue weighted by molar-refractivity contribution is -0.127. The van der Waals surface area contributed by atoms with Crippen LogP contribution in [-0.4, -0.2) is 38.4 Å². The molecule has 0 unspecified atom stereocenters. The molecule has 4 heteroatoms. The van der Waals surface area contributed by atoms with Gasteiger partial charge in [0, 0.05) is 12.6 Å². The quantitative estimate of drug-likeness (QED) is 0.693. The van der Waals surface area contributed by atoms with E-state index in [-0.39, 0.29) is 12.5 Å². The van der Waals surface area contributed by atoms with Crippen molar-refractivity contribution in [3.05, 3.63) is 0 Å². The van der Waals surface area contributed by atoms with Gasteiger partial charge in [0.1, 0.15) is 6.61 Å². The molecule has 0 aromatic heterocycles. The molecule has 100 valence electrons. The van der Waals surface area contributed by atoms with Crippen LogP contribution in [0.4, 0.5) is 0 Å². The van der Waals surface area contributed by atoms with Crippen LogP contribution in [0.25, 0.3) is 0 Å². The standard InChI is InChI=1S/C13H25NO3/c1-3-16-8-9-17-10-13(15)14-12-6-4-11(2)5-7-12/h11-12H,3-10H2,1-2H3,(H,14,15). The van der Waals surface area contributed by atoms with Crippen molar-refractivity contribution in [2.45, 2.75) is 45.6 Å². The largest absolute Gasteiger partial charge is 0.379 e. The van der Waals surface area contributed by atoms with E-state index in [2.05, 4.69) is 12.2 Å². The number of ether oxygens (including phenoxy) is 2. The van der Waals surface area contributed by atoms with Crippen LogP contribution in [0.1, 0.15) is 39.5 Å². The molecule has 0 spiro atoms. The normalized spacial score (nSPS) is 24.6. The van der Waals surface area contributed by atoms with Crippen LogP contribution in [-0.2, 0) is 14.3 Å². The van der Waals surface area contributed by atoms with Crippen molar-refractivity contribution >= 4 is 5.91 Å². The summed E-state index contributed by atoms with van der Waals surface area (Å²) >= 11 is 0. The Morgan fingerprint density at radius 1 is 1.18 bits per heavy atom. The molecule has 0 atom stereocenters. The lowest BCUT2D eigenvalue weighted by Crippen LogP contribution is -2.39. The minimum absolute atomic E-state index is 0.000974. The first-order valence-corrected chi connectivity index (χ1v) is 6.67. The fraction of sp³-hybridized carbons (Fsp3) is 0.923. The molecule has 1 aliphatic carbocycles. The third-order valence-corrected chi connectivity index (χ3v) is 3.19. The molecule has 1 aliphatic rings.